The topological polar surface area (TPSA) is 47.3 Å². The van der Waals surface area contributed by atoms with Gasteiger partial charge >= 0.3 is 0 Å². The van der Waals surface area contributed by atoms with Crippen molar-refractivity contribution in [2.45, 2.75) is 66.8 Å². The Morgan fingerprint density at radius 1 is 1.15 bits per heavy atom. The van der Waals surface area contributed by atoms with Crippen LogP contribution in [0, 0.1) is 6.92 Å². The molecule has 3 nitrogen and oxygen atoms in total. The van der Waals surface area contributed by atoms with Crippen molar-refractivity contribution < 1.29 is 4.18 Å². The second-order valence-electron chi connectivity index (χ2n) is 3.97. The van der Waals surface area contributed by atoms with Gasteiger partial charge in [0.1, 0.15) is 5.75 Å². The number of nitrogens with one attached hydrogen (secondary N) is 1. The van der Waals surface area contributed by atoms with Crippen molar-refractivity contribution in [3.05, 3.63) is 29.3 Å². The molecular weight excluding hydrogens is 268 g/mol. The Hall–Kier alpha value is -0.710. The summed E-state index contributed by atoms with van der Waals surface area (Å²) in [4.78, 5) is 0. The molecule has 0 atom stereocenters. The van der Waals surface area contributed by atoms with Crippen LogP contribution >= 0.6 is 12.9 Å². The molecule has 0 saturated heterocycles. The highest BCUT2D eigenvalue weighted by molar-refractivity contribution is 7.75. The Morgan fingerprint density at radius 2 is 1.65 bits per heavy atom. The molecule has 3 N–H and O–H groups in total. The van der Waals surface area contributed by atoms with Crippen LogP contribution in [0.3, 0.4) is 0 Å². The maximum Gasteiger partial charge on any atom is 0.142 e. The molecule has 0 aromatic heterocycles. The minimum Gasteiger partial charge on any atom is -0.429 e. The Kier molecular flexibility index (Phi) is 13.0. The summed E-state index contributed by atoms with van der Waals surface area (Å²) < 4.78 is 5.14. The molecule has 0 unspecified atom stereocenters. The van der Waals surface area contributed by atoms with E-state index in [2.05, 4.69) is 45.2 Å². The zero-order valence-electron chi connectivity index (χ0n) is 14.1. The van der Waals surface area contributed by atoms with Crippen LogP contribution in [-0.2, 0) is 5.54 Å². The van der Waals surface area contributed by atoms with Crippen LogP contribution in [0.25, 0.3) is 0 Å². The second kappa shape index (κ2) is 12.1. The zero-order chi connectivity index (χ0) is 16.2. The van der Waals surface area contributed by atoms with Crippen molar-refractivity contribution in [2.75, 3.05) is 0 Å². The predicted molar refractivity (Wildman–Crippen MR) is 93.1 cm³/mol. The van der Waals surface area contributed by atoms with Crippen LogP contribution in [0.15, 0.2) is 18.2 Å². The van der Waals surface area contributed by atoms with Gasteiger partial charge in [0.15, 0.2) is 0 Å². The fourth-order valence-corrected chi connectivity index (χ4v) is 2.36. The second-order valence-corrected chi connectivity index (χ2v) is 4.16. The van der Waals surface area contributed by atoms with Gasteiger partial charge in [0.2, 0.25) is 0 Å². The van der Waals surface area contributed by atoms with E-state index in [0.717, 1.165) is 29.7 Å². The van der Waals surface area contributed by atoms with E-state index in [1.165, 1.54) is 0 Å². The molecule has 0 aliphatic carbocycles. The van der Waals surface area contributed by atoms with Crippen molar-refractivity contribution in [2.24, 2.45) is 5.84 Å². The lowest BCUT2D eigenvalue weighted by Gasteiger charge is -2.33. The van der Waals surface area contributed by atoms with E-state index in [1.807, 2.05) is 39.8 Å². The Morgan fingerprint density at radius 3 is 2.00 bits per heavy atom. The van der Waals surface area contributed by atoms with Crippen LogP contribution in [0.4, 0.5) is 0 Å². The summed E-state index contributed by atoms with van der Waals surface area (Å²) in [5.41, 5.74) is 4.94. The molecule has 0 spiro atoms. The molecule has 20 heavy (non-hydrogen) atoms. The molecule has 118 valence electrons. The highest BCUT2D eigenvalue weighted by Gasteiger charge is 2.31. The predicted octanol–water partition coefficient (Wildman–Crippen LogP) is 4.75. The highest BCUT2D eigenvalue weighted by Crippen LogP contribution is 2.37. The normalized spacial score (nSPS) is 9.85. The van der Waals surface area contributed by atoms with Gasteiger partial charge < -0.3 is 4.18 Å². The summed E-state index contributed by atoms with van der Waals surface area (Å²) in [7, 11) is 0. The van der Waals surface area contributed by atoms with E-state index in [4.69, 9.17) is 10.0 Å². The van der Waals surface area contributed by atoms with Crippen LogP contribution in [0.2, 0.25) is 0 Å². The summed E-state index contributed by atoms with van der Waals surface area (Å²) in [6.07, 6.45) is 1.80. The molecular formula is C16H32N2OS. The van der Waals surface area contributed by atoms with Gasteiger partial charge in [-0.25, -0.2) is 5.43 Å². The van der Waals surface area contributed by atoms with Gasteiger partial charge in [-0.15, -0.1) is 0 Å². The van der Waals surface area contributed by atoms with E-state index in [1.54, 1.807) is 0 Å². The molecule has 0 aliphatic rings. The lowest BCUT2D eigenvalue weighted by atomic mass is 9.82. The molecule has 0 aliphatic heterocycles. The largest absolute Gasteiger partial charge is 0.429 e. The number of aryl methyl sites for hydroxylation is 1. The number of benzene rings is 1. The fourth-order valence-electron chi connectivity index (χ4n) is 2.21. The third-order valence-electron chi connectivity index (χ3n) is 3.29. The summed E-state index contributed by atoms with van der Waals surface area (Å²) in [5, 5.41) is 0. The first-order valence-corrected chi connectivity index (χ1v) is 7.91. The summed E-state index contributed by atoms with van der Waals surface area (Å²) in [6.45, 7) is 14.3. The van der Waals surface area contributed by atoms with Gasteiger partial charge in [-0.2, -0.15) is 0 Å². The van der Waals surface area contributed by atoms with Crippen molar-refractivity contribution >= 4 is 12.9 Å². The number of hydrogen-bond donors (Lipinski definition) is 3. The Labute approximate surface area is 130 Å². The summed E-state index contributed by atoms with van der Waals surface area (Å²) in [6, 6.07) is 5.92. The Balaban J connectivity index is 0. The smallest absolute Gasteiger partial charge is 0.142 e. The molecule has 0 amide bonds. The van der Waals surface area contributed by atoms with E-state index >= 15 is 0 Å². The van der Waals surface area contributed by atoms with Gasteiger partial charge in [-0.1, -0.05) is 53.7 Å². The molecule has 0 heterocycles. The van der Waals surface area contributed by atoms with Crippen LogP contribution in [-0.4, -0.2) is 0 Å². The number of hydrazine groups is 1. The Bertz CT molecular complexity index is 344. The monoisotopic (exact) mass is 300 g/mol. The molecule has 0 bridgehead atoms. The molecule has 0 fully saturated rings. The zero-order valence-corrected chi connectivity index (χ0v) is 15.0. The molecule has 0 saturated carbocycles. The first-order chi connectivity index (χ1) is 9.65. The highest BCUT2D eigenvalue weighted by atomic mass is 32.1. The van der Waals surface area contributed by atoms with Crippen molar-refractivity contribution in [3.63, 3.8) is 0 Å². The van der Waals surface area contributed by atoms with Crippen molar-refractivity contribution in [1.82, 2.24) is 5.43 Å². The van der Waals surface area contributed by atoms with Gasteiger partial charge in [-0.3, -0.25) is 5.84 Å². The molecule has 0 radical (unpaired) electrons. The number of thiol groups is 1. The maximum absolute atomic E-state index is 5.72. The average molecular weight is 301 g/mol. The third kappa shape index (κ3) is 5.00. The van der Waals surface area contributed by atoms with Gasteiger partial charge in [-0.05, 0) is 31.4 Å². The van der Waals surface area contributed by atoms with E-state index in [0.29, 0.717) is 0 Å². The standard InChI is InChI=1S/C12H20N2OS.2C2H6/c1-4-12(5-2,14-13)11-9(3)7-6-8-10(11)15-16;2*1-2/h6-8,14,16H,4-5,13H2,1-3H3;2*1-2H3. The fraction of sp³-hybridized carbons (Fsp3) is 0.625. The maximum atomic E-state index is 5.72. The van der Waals surface area contributed by atoms with Crippen molar-refractivity contribution in [3.8, 4) is 5.75 Å². The number of nitrogens with two attached hydrogens (primary N) is 1. The van der Waals surface area contributed by atoms with Crippen LogP contribution in [0.1, 0.15) is 65.5 Å². The van der Waals surface area contributed by atoms with Crippen LogP contribution in [0.5, 0.6) is 5.75 Å². The number of rotatable bonds is 5. The summed E-state index contributed by atoms with van der Waals surface area (Å²) in [5.74, 6) is 6.49. The molecule has 1 aromatic rings. The van der Waals surface area contributed by atoms with Gasteiger partial charge in [0.05, 0.1) is 5.54 Å². The molecule has 1 aromatic carbocycles. The minimum atomic E-state index is -0.247. The van der Waals surface area contributed by atoms with E-state index in [9.17, 15) is 0 Å². The SMILES string of the molecule is CC.CC.CCC(CC)(NN)c1c(C)cccc1OS. The minimum absolute atomic E-state index is 0.247. The quantitative estimate of drug-likeness (QED) is 0.318. The van der Waals surface area contributed by atoms with Gasteiger partial charge in [0, 0.05) is 18.5 Å². The molecule has 4 heteroatoms. The van der Waals surface area contributed by atoms with Gasteiger partial charge in [0.25, 0.3) is 0 Å². The van der Waals surface area contributed by atoms with Crippen LogP contribution < -0.4 is 15.5 Å². The number of hydrogen-bond acceptors (Lipinski definition) is 4. The van der Waals surface area contributed by atoms with E-state index < -0.39 is 0 Å². The lowest BCUT2D eigenvalue weighted by molar-refractivity contribution is 0.307. The first-order valence-electron chi connectivity index (χ1n) is 7.54. The summed E-state index contributed by atoms with van der Waals surface area (Å²) >= 11 is 3.91. The average Bonchev–Trinajstić information content (AvgIpc) is 2.54. The molecule has 1 rings (SSSR count). The third-order valence-corrected chi connectivity index (χ3v) is 3.49. The lowest BCUT2D eigenvalue weighted by Crippen LogP contribution is -2.46. The van der Waals surface area contributed by atoms with E-state index in [-0.39, 0.29) is 5.54 Å². The first kappa shape index (κ1) is 21.6. The van der Waals surface area contributed by atoms with Crippen molar-refractivity contribution in [1.29, 1.82) is 0 Å².